The van der Waals surface area contributed by atoms with Gasteiger partial charge in [0.15, 0.2) is 0 Å². The molecular weight excluding hydrogens is 258 g/mol. The van der Waals surface area contributed by atoms with Gasteiger partial charge in [0.25, 0.3) is 0 Å². The van der Waals surface area contributed by atoms with Crippen molar-refractivity contribution in [1.82, 2.24) is 15.1 Å². The lowest BCUT2D eigenvalue weighted by Crippen LogP contribution is -2.54. The molecule has 20 heavy (non-hydrogen) atoms. The maximum Gasteiger partial charge on any atom is 0.317 e. The summed E-state index contributed by atoms with van der Waals surface area (Å²) in [5.74, 6) is 0.655. The summed E-state index contributed by atoms with van der Waals surface area (Å²) in [7, 11) is 0. The molecule has 0 aromatic carbocycles. The number of hydrogen-bond acceptors (Lipinski definition) is 4. The number of nitrogens with one attached hydrogen (secondary N) is 1. The van der Waals surface area contributed by atoms with Crippen molar-refractivity contribution in [3.63, 3.8) is 0 Å². The molecule has 0 aromatic heterocycles. The van der Waals surface area contributed by atoms with Crippen LogP contribution in [0.3, 0.4) is 0 Å². The van der Waals surface area contributed by atoms with Crippen LogP contribution in [0.2, 0.25) is 0 Å². The smallest absolute Gasteiger partial charge is 0.317 e. The third-order valence-corrected chi connectivity index (χ3v) is 5.05. The number of piperazine rings is 1. The Hall–Kier alpha value is -1.14. The van der Waals surface area contributed by atoms with Gasteiger partial charge in [-0.3, -0.25) is 14.5 Å². The topological polar surface area (TPSA) is 72.9 Å². The molecule has 2 aliphatic heterocycles. The molecule has 6 nitrogen and oxygen atoms in total. The molecule has 2 saturated heterocycles. The summed E-state index contributed by atoms with van der Waals surface area (Å²) >= 11 is 0. The lowest BCUT2D eigenvalue weighted by molar-refractivity contribution is -0.140. The van der Waals surface area contributed by atoms with Crippen molar-refractivity contribution in [1.29, 1.82) is 0 Å². The van der Waals surface area contributed by atoms with Gasteiger partial charge >= 0.3 is 5.97 Å². The fraction of sp³-hybridized carbons (Fsp3) is 0.857. The number of fused-ring (bicyclic) bond motifs is 1. The summed E-state index contributed by atoms with van der Waals surface area (Å²) in [6.45, 7) is 3.70. The third kappa shape index (κ3) is 2.67. The highest BCUT2D eigenvalue weighted by Gasteiger charge is 2.44. The molecule has 3 atom stereocenters. The standard InChI is InChI=1S/C14H23N3O3/c18-12(19)9-16-4-6-17(7-5-16)14(20)13-11-3-1-2-10(11)8-15-13/h10-11,13,15H,1-9H2,(H,18,19). The Morgan fingerprint density at radius 1 is 1.15 bits per heavy atom. The summed E-state index contributed by atoms with van der Waals surface area (Å²) in [6, 6.07) is 0.00789. The second-order valence-electron chi connectivity index (χ2n) is 6.24. The van der Waals surface area contributed by atoms with Gasteiger partial charge in [-0.25, -0.2) is 0 Å². The molecule has 6 heteroatoms. The molecule has 0 radical (unpaired) electrons. The molecule has 0 aromatic rings. The SMILES string of the molecule is O=C(O)CN1CCN(C(=O)C2NCC3CCCC32)CC1. The first-order valence-electron chi connectivity index (χ1n) is 7.61. The molecule has 1 aliphatic carbocycles. The number of aliphatic carboxylic acids is 1. The van der Waals surface area contributed by atoms with Crippen molar-refractivity contribution in [2.45, 2.75) is 25.3 Å². The zero-order valence-electron chi connectivity index (χ0n) is 11.8. The highest BCUT2D eigenvalue weighted by atomic mass is 16.4. The summed E-state index contributed by atoms with van der Waals surface area (Å²) in [5.41, 5.74) is 0. The van der Waals surface area contributed by atoms with Crippen molar-refractivity contribution in [2.75, 3.05) is 39.3 Å². The first kappa shape index (κ1) is 13.8. The largest absolute Gasteiger partial charge is 0.480 e. The van der Waals surface area contributed by atoms with Crippen LogP contribution >= 0.6 is 0 Å². The average Bonchev–Trinajstić information content (AvgIpc) is 3.00. The van der Waals surface area contributed by atoms with Gasteiger partial charge in [-0.05, 0) is 31.2 Å². The van der Waals surface area contributed by atoms with E-state index in [4.69, 9.17) is 5.11 Å². The number of carboxylic acid groups (broad SMARTS) is 1. The van der Waals surface area contributed by atoms with Gasteiger partial charge in [0.1, 0.15) is 0 Å². The second kappa shape index (κ2) is 5.69. The lowest BCUT2D eigenvalue weighted by atomic mass is 9.93. The molecule has 1 saturated carbocycles. The van der Waals surface area contributed by atoms with E-state index in [1.165, 1.54) is 19.3 Å². The van der Waals surface area contributed by atoms with Crippen LogP contribution in [0.5, 0.6) is 0 Å². The number of amides is 1. The highest BCUT2D eigenvalue weighted by molar-refractivity contribution is 5.83. The minimum atomic E-state index is -0.795. The predicted molar refractivity (Wildman–Crippen MR) is 73.3 cm³/mol. The van der Waals surface area contributed by atoms with E-state index in [9.17, 15) is 9.59 Å². The fourth-order valence-electron chi connectivity index (χ4n) is 3.97. The molecule has 3 aliphatic rings. The van der Waals surface area contributed by atoms with E-state index >= 15 is 0 Å². The van der Waals surface area contributed by atoms with Crippen LogP contribution in [0.25, 0.3) is 0 Å². The lowest BCUT2D eigenvalue weighted by Gasteiger charge is -2.36. The van der Waals surface area contributed by atoms with Crippen LogP contribution in [-0.2, 0) is 9.59 Å². The van der Waals surface area contributed by atoms with Crippen molar-refractivity contribution >= 4 is 11.9 Å². The highest BCUT2D eigenvalue weighted by Crippen LogP contribution is 2.38. The minimum Gasteiger partial charge on any atom is -0.480 e. The van der Waals surface area contributed by atoms with Crippen LogP contribution in [0.15, 0.2) is 0 Å². The molecule has 0 bridgehead atoms. The second-order valence-corrected chi connectivity index (χ2v) is 6.24. The average molecular weight is 281 g/mol. The van der Waals surface area contributed by atoms with E-state index < -0.39 is 5.97 Å². The van der Waals surface area contributed by atoms with Gasteiger partial charge in [0.2, 0.25) is 5.91 Å². The van der Waals surface area contributed by atoms with Gasteiger partial charge in [0.05, 0.1) is 12.6 Å². The van der Waals surface area contributed by atoms with E-state index in [0.717, 1.165) is 6.54 Å². The Morgan fingerprint density at radius 2 is 1.90 bits per heavy atom. The monoisotopic (exact) mass is 281 g/mol. The summed E-state index contributed by atoms with van der Waals surface area (Å²) < 4.78 is 0. The summed E-state index contributed by atoms with van der Waals surface area (Å²) in [6.07, 6.45) is 3.69. The Morgan fingerprint density at radius 3 is 2.60 bits per heavy atom. The Bertz CT molecular complexity index is 393. The normalized spacial score (nSPS) is 34.2. The first-order chi connectivity index (χ1) is 9.65. The minimum absolute atomic E-state index is 0.00789. The van der Waals surface area contributed by atoms with E-state index in [1.807, 2.05) is 9.80 Å². The van der Waals surface area contributed by atoms with E-state index in [-0.39, 0.29) is 18.5 Å². The van der Waals surface area contributed by atoms with Gasteiger partial charge in [-0.1, -0.05) is 6.42 Å². The number of carbonyl (C=O) groups is 2. The molecule has 3 unspecified atom stereocenters. The Kier molecular flexibility index (Phi) is 3.94. The van der Waals surface area contributed by atoms with Gasteiger partial charge < -0.3 is 15.3 Å². The van der Waals surface area contributed by atoms with Crippen molar-refractivity contribution < 1.29 is 14.7 Å². The van der Waals surface area contributed by atoms with Crippen molar-refractivity contribution in [3.8, 4) is 0 Å². The van der Waals surface area contributed by atoms with Crippen molar-refractivity contribution in [2.24, 2.45) is 11.8 Å². The quantitative estimate of drug-likeness (QED) is 0.737. The zero-order chi connectivity index (χ0) is 14.1. The van der Waals surface area contributed by atoms with E-state index in [0.29, 0.717) is 38.0 Å². The predicted octanol–water partition coefficient (Wildman–Crippen LogP) is -0.397. The summed E-state index contributed by atoms with van der Waals surface area (Å²) in [5, 5.41) is 12.2. The van der Waals surface area contributed by atoms with Crippen LogP contribution in [0.4, 0.5) is 0 Å². The number of hydrogen-bond donors (Lipinski definition) is 2. The zero-order valence-corrected chi connectivity index (χ0v) is 11.8. The third-order valence-electron chi connectivity index (χ3n) is 5.05. The van der Waals surface area contributed by atoms with E-state index in [2.05, 4.69) is 5.32 Å². The Labute approximate surface area is 119 Å². The molecule has 3 rings (SSSR count). The number of rotatable bonds is 3. The van der Waals surface area contributed by atoms with Gasteiger partial charge in [0, 0.05) is 26.2 Å². The van der Waals surface area contributed by atoms with Gasteiger partial charge in [-0.15, -0.1) is 0 Å². The summed E-state index contributed by atoms with van der Waals surface area (Å²) in [4.78, 5) is 27.1. The molecule has 2 N–H and O–H groups in total. The number of nitrogens with zero attached hydrogens (tertiary/aromatic N) is 2. The fourth-order valence-corrected chi connectivity index (χ4v) is 3.97. The molecule has 0 spiro atoms. The maximum absolute atomic E-state index is 12.6. The van der Waals surface area contributed by atoms with E-state index in [1.54, 1.807) is 0 Å². The Balaban J connectivity index is 1.53. The number of carboxylic acids is 1. The van der Waals surface area contributed by atoms with Crippen LogP contribution < -0.4 is 5.32 Å². The molecule has 112 valence electrons. The maximum atomic E-state index is 12.6. The van der Waals surface area contributed by atoms with Crippen LogP contribution in [-0.4, -0.2) is 72.1 Å². The number of carbonyl (C=O) groups excluding carboxylic acids is 1. The van der Waals surface area contributed by atoms with Crippen LogP contribution in [0, 0.1) is 11.8 Å². The molecule has 2 heterocycles. The first-order valence-corrected chi connectivity index (χ1v) is 7.61. The molecule has 3 fully saturated rings. The van der Waals surface area contributed by atoms with Crippen LogP contribution in [0.1, 0.15) is 19.3 Å². The molecule has 1 amide bonds. The van der Waals surface area contributed by atoms with Gasteiger partial charge in [-0.2, -0.15) is 0 Å². The molecular formula is C14H23N3O3. The van der Waals surface area contributed by atoms with Crippen molar-refractivity contribution in [3.05, 3.63) is 0 Å².